The predicted molar refractivity (Wildman–Crippen MR) is 93.7 cm³/mol. The quantitative estimate of drug-likeness (QED) is 0.557. The van der Waals surface area contributed by atoms with Crippen molar-refractivity contribution in [3.05, 3.63) is 108 Å². The zero-order valence-corrected chi connectivity index (χ0v) is 17.7. The summed E-state index contributed by atoms with van der Waals surface area (Å²) in [5.74, 6) is 0. The van der Waals surface area contributed by atoms with Crippen molar-refractivity contribution in [3.63, 3.8) is 0 Å². The molecule has 2 aromatic rings. The second kappa shape index (κ2) is 13.1. The van der Waals surface area contributed by atoms with Crippen LogP contribution < -0.4 is 24.8 Å². The minimum atomic E-state index is 0. The van der Waals surface area contributed by atoms with E-state index >= 15 is 0 Å². The summed E-state index contributed by atoms with van der Waals surface area (Å²) in [6.45, 7) is 0. The monoisotopic (exact) mass is 442 g/mol. The van der Waals surface area contributed by atoms with Crippen molar-refractivity contribution >= 4 is 11.1 Å². The molecule has 0 aliphatic heterocycles. The fourth-order valence-corrected chi connectivity index (χ4v) is 2.46. The number of benzene rings is 2. The maximum atomic E-state index is 3.15. The van der Waals surface area contributed by atoms with Crippen LogP contribution >= 0.6 is 0 Å². The van der Waals surface area contributed by atoms with E-state index in [4.69, 9.17) is 0 Å². The molecule has 25 heavy (non-hydrogen) atoms. The molecule has 124 valence electrons. The average molecular weight is 445 g/mol. The van der Waals surface area contributed by atoms with Gasteiger partial charge in [-0.05, 0) is 0 Å². The molecule has 2 aromatic carbocycles. The van der Waals surface area contributed by atoms with Crippen LogP contribution in [0.4, 0.5) is 0 Å². The fraction of sp³-hybridized carbons (Fsp3) is 0.0909. The third kappa shape index (κ3) is 7.32. The van der Waals surface area contributed by atoms with E-state index in [1.807, 2.05) is 12.1 Å². The van der Waals surface area contributed by atoms with Gasteiger partial charge < -0.3 is 24.8 Å². The Bertz CT molecular complexity index is 664. The van der Waals surface area contributed by atoms with Crippen molar-refractivity contribution in [2.45, 2.75) is 12.8 Å². The van der Waals surface area contributed by atoms with Crippen LogP contribution in [-0.4, -0.2) is 0 Å². The van der Waals surface area contributed by atoms with E-state index in [1.165, 1.54) is 22.3 Å². The molecule has 2 aliphatic rings. The molecule has 0 nitrogen and oxygen atoms in total. The van der Waals surface area contributed by atoms with Crippen LogP contribution in [0, 0.1) is 12.2 Å². The Morgan fingerprint density at radius 3 is 1.20 bits per heavy atom. The van der Waals surface area contributed by atoms with Crippen LogP contribution in [0.3, 0.4) is 0 Å². The van der Waals surface area contributed by atoms with Crippen molar-refractivity contribution in [2.24, 2.45) is 0 Å². The Morgan fingerprint density at radius 1 is 0.560 bits per heavy atom. The summed E-state index contributed by atoms with van der Waals surface area (Å²) in [6.07, 6.45) is 16.7. The molecule has 0 fully saturated rings. The minimum Gasteiger partial charge on any atom is -1.00 e. The van der Waals surface area contributed by atoms with Crippen molar-refractivity contribution < 1.29 is 51.0 Å². The fourth-order valence-electron chi connectivity index (χ4n) is 2.46. The Kier molecular flexibility index (Phi) is 12.5. The molecule has 0 amide bonds. The van der Waals surface area contributed by atoms with Gasteiger partial charge in [0, 0.05) is 0 Å². The van der Waals surface area contributed by atoms with Crippen molar-refractivity contribution in [1.29, 1.82) is 0 Å². The largest absolute Gasteiger partial charge is 4.00 e. The van der Waals surface area contributed by atoms with Crippen LogP contribution in [0.15, 0.2) is 85.0 Å². The Labute approximate surface area is 182 Å². The van der Waals surface area contributed by atoms with Gasteiger partial charge in [0.05, 0.1) is 0 Å². The third-order valence-corrected chi connectivity index (χ3v) is 3.61. The molecule has 0 aromatic heterocycles. The summed E-state index contributed by atoms with van der Waals surface area (Å²) in [5, 5.41) is 0. The van der Waals surface area contributed by atoms with Crippen LogP contribution in [-0.2, 0) is 26.2 Å². The van der Waals surface area contributed by atoms with Gasteiger partial charge >= 0.3 is 26.2 Å². The second-order valence-electron chi connectivity index (χ2n) is 5.16. The standard InChI is InChI=1S/2C11H9.2ClH.Zr/c2*1-2-6-10(7-3-1)11-8-4-5-9-11;;;/h2*1-3,6-9H,4H2;2*1H;/q2*-1;;;+4/p-2. The molecular weight excluding hydrogens is 426 g/mol. The number of rotatable bonds is 2. The Balaban J connectivity index is 0.000000411. The van der Waals surface area contributed by atoms with Crippen molar-refractivity contribution in [2.75, 3.05) is 0 Å². The van der Waals surface area contributed by atoms with E-state index in [9.17, 15) is 0 Å². The zero-order valence-electron chi connectivity index (χ0n) is 13.8. The summed E-state index contributed by atoms with van der Waals surface area (Å²) >= 11 is 0. The third-order valence-electron chi connectivity index (χ3n) is 3.61. The molecule has 0 unspecified atom stereocenters. The van der Waals surface area contributed by atoms with Gasteiger partial charge in [0.2, 0.25) is 0 Å². The molecular formula is C22H18Cl2Zr. The molecule has 0 spiro atoms. The van der Waals surface area contributed by atoms with Gasteiger partial charge in [-0.2, -0.15) is 23.3 Å². The second-order valence-corrected chi connectivity index (χ2v) is 5.16. The van der Waals surface area contributed by atoms with Gasteiger partial charge in [-0.15, -0.1) is 24.0 Å². The van der Waals surface area contributed by atoms with E-state index in [0.29, 0.717) is 0 Å². The maximum Gasteiger partial charge on any atom is 4.00 e. The van der Waals surface area contributed by atoms with Crippen LogP contribution in [0.1, 0.15) is 24.0 Å². The molecule has 2 aliphatic carbocycles. The Morgan fingerprint density at radius 2 is 0.920 bits per heavy atom. The number of hydrogen-bond acceptors (Lipinski definition) is 0. The summed E-state index contributed by atoms with van der Waals surface area (Å²) in [5.41, 5.74) is 5.17. The first-order valence-electron chi connectivity index (χ1n) is 7.58. The Hall–Kier alpha value is -1.14. The number of allylic oxidation sites excluding steroid dienone is 8. The van der Waals surface area contributed by atoms with E-state index in [-0.39, 0.29) is 51.0 Å². The first-order valence-corrected chi connectivity index (χ1v) is 7.58. The van der Waals surface area contributed by atoms with Gasteiger partial charge in [0.1, 0.15) is 0 Å². The van der Waals surface area contributed by atoms with Gasteiger partial charge in [0.25, 0.3) is 0 Å². The maximum absolute atomic E-state index is 3.15. The van der Waals surface area contributed by atoms with E-state index in [1.54, 1.807) is 0 Å². The molecule has 0 N–H and O–H groups in total. The average Bonchev–Trinajstić information content (AvgIpc) is 3.31. The SMILES string of the molecule is [C-]1=CC(c2ccccc2)=CC1.[C-]1=CC(c2ccccc2)=CC1.[Cl-].[Cl-].[Zr+4]. The van der Waals surface area contributed by atoms with Crippen LogP contribution in [0.5, 0.6) is 0 Å². The van der Waals surface area contributed by atoms with Gasteiger partial charge in [0.15, 0.2) is 0 Å². The first-order chi connectivity index (χ1) is 10.9. The molecule has 0 radical (unpaired) electrons. The molecule has 0 heterocycles. The molecule has 0 atom stereocenters. The van der Waals surface area contributed by atoms with Gasteiger partial charge in [-0.25, -0.2) is 12.2 Å². The van der Waals surface area contributed by atoms with E-state index < -0.39 is 0 Å². The van der Waals surface area contributed by atoms with Crippen LogP contribution in [0.25, 0.3) is 11.1 Å². The predicted octanol–water partition coefficient (Wildman–Crippen LogP) is -0.328. The summed E-state index contributed by atoms with van der Waals surface area (Å²) in [4.78, 5) is 0. The minimum absolute atomic E-state index is 0. The first kappa shape index (κ1) is 23.9. The molecule has 3 heteroatoms. The van der Waals surface area contributed by atoms with Crippen molar-refractivity contribution in [3.8, 4) is 0 Å². The molecule has 0 saturated carbocycles. The van der Waals surface area contributed by atoms with E-state index in [0.717, 1.165) is 12.8 Å². The molecule has 4 rings (SSSR count). The summed E-state index contributed by atoms with van der Waals surface area (Å²) < 4.78 is 0. The zero-order chi connectivity index (χ0) is 15.0. The topological polar surface area (TPSA) is 0 Å². The smallest absolute Gasteiger partial charge is 1.00 e. The summed E-state index contributed by atoms with van der Waals surface area (Å²) in [7, 11) is 0. The van der Waals surface area contributed by atoms with Gasteiger partial charge in [-0.1, -0.05) is 60.7 Å². The van der Waals surface area contributed by atoms with Crippen molar-refractivity contribution in [1.82, 2.24) is 0 Å². The molecule has 0 bridgehead atoms. The van der Waals surface area contributed by atoms with Crippen LogP contribution in [0.2, 0.25) is 0 Å². The normalized spacial score (nSPS) is 13.3. The number of hydrogen-bond donors (Lipinski definition) is 0. The molecule has 0 saturated heterocycles. The number of halogens is 2. The van der Waals surface area contributed by atoms with Gasteiger partial charge in [-0.3, -0.25) is 12.2 Å². The summed E-state index contributed by atoms with van der Waals surface area (Å²) in [6, 6.07) is 20.8. The van der Waals surface area contributed by atoms with E-state index in [2.05, 4.69) is 85.0 Å².